The van der Waals surface area contributed by atoms with Crippen LogP contribution < -0.4 is 9.47 Å². The molecule has 132 valence electrons. The number of aromatic amines is 1. The summed E-state index contributed by atoms with van der Waals surface area (Å²) in [4.78, 5) is 17.1. The first-order valence-corrected chi connectivity index (χ1v) is 8.42. The molecule has 0 saturated heterocycles. The van der Waals surface area contributed by atoms with Crippen LogP contribution in [0.3, 0.4) is 0 Å². The van der Waals surface area contributed by atoms with E-state index in [0.29, 0.717) is 18.8 Å². The van der Waals surface area contributed by atoms with Gasteiger partial charge in [-0.1, -0.05) is 6.07 Å². The van der Waals surface area contributed by atoms with Crippen molar-refractivity contribution in [3.05, 3.63) is 40.7 Å². The lowest BCUT2D eigenvalue weighted by molar-refractivity contribution is -0.137. The number of benzene rings is 1. The molecule has 3 heterocycles. The Bertz CT molecular complexity index is 815. The van der Waals surface area contributed by atoms with Gasteiger partial charge < -0.3 is 14.4 Å². The maximum atomic E-state index is 13.3. The molecular weight excluding hydrogens is 320 g/mol. The lowest BCUT2D eigenvalue weighted by atomic mass is 10.0. The van der Waals surface area contributed by atoms with Crippen molar-refractivity contribution in [3.8, 4) is 11.5 Å². The van der Waals surface area contributed by atoms with E-state index in [1.165, 1.54) is 0 Å². The van der Waals surface area contributed by atoms with Gasteiger partial charge in [-0.2, -0.15) is 5.10 Å². The molecule has 2 aliphatic rings. The Labute approximate surface area is 146 Å². The minimum absolute atomic E-state index is 0.0927. The number of carbonyl (C=O) groups is 1. The van der Waals surface area contributed by atoms with Crippen LogP contribution in [0.15, 0.2) is 18.2 Å². The number of rotatable bonds is 3. The van der Waals surface area contributed by atoms with E-state index < -0.39 is 0 Å². The quantitative estimate of drug-likeness (QED) is 0.918. The molecule has 2 aromatic rings. The van der Waals surface area contributed by atoms with Crippen LogP contribution in [0, 0.1) is 6.92 Å². The number of nitrogens with zero attached hydrogens (tertiary/aromatic N) is 3. The highest BCUT2D eigenvalue weighted by Gasteiger charge is 2.32. The first kappa shape index (κ1) is 16.0. The van der Waals surface area contributed by atoms with Crippen molar-refractivity contribution >= 4 is 5.91 Å². The number of likely N-dealkylation sites (N-methyl/N-ethyl adjacent to an activating group) is 1. The van der Waals surface area contributed by atoms with Gasteiger partial charge in [0, 0.05) is 30.8 Å². The van der Waals surface area contributed by atoms with Gasteiger partial charge in [-0.15, -0.1) is 0 Å². The molecule has 0 spiro atoms. The Kier molecular flexibility index (Phi) is 3.88. The van der Waals surface area contributed by atoms with Crippen LogP contribution >= 0.6 is 0 Å². The maximum absolute atomic E-state index is 13.3. The van der Waals surface area contributed by atoms with Crippen molar-refractivity contribution in [1.29, 1.82) is 0 Å². The molecule has 7 nitrogen and oxygen atoms in total. The van der Waals surface area contributed by atoms with Crippen molar-refractivity contribution in [3.63, 3.8) is 0 Å². The molecule has 0 saturated carbocycles. The number of hydrogen-bond donors (Lipinski definition) is 1. The fourth-order valence-corrected chi connectivity index (χ4v) is 3.54. The average Bonchev–Trinajstić information content (AvgIpc) is 3.21. The van der Waals surface area contributed by atoms with Crippen LogP contribution in [0.25, 0.3) is 0 Å². The number of hydrogen-bond acceptors (Lipinski definition) is 5. The van der Waals surface area contributed by atoms with Crippen molar-refractivity contribution < 1.29 is 14.3 Å². The molecule has 0 aliphatic carbocycles. The third-order valence-electron chi connectivity index (χ3n) is 4.90. The zero-order chi connectivity index (χ0) is 17.6. The SMILES string of the molecule is Cc1[nH]nc2c1CN(C(=O)C(c1ccc3c(c1)OCO3)N(C)C)CC2. The van der Waals surface area contributed by atoms with E-state index in [-0.39, 0.29) is 18.7 Å². The van der Waals surface area contributed by atoms with Crippen LogP contribution in [-0.2, 0) is 17.8 Å². The Morgan fingerprint density at radius 2 is 2.12 bits per heavy atom. The molecule has 25 heavy (non-hydrogen) atoms. The molecule has 1 atom stereocenters. The van der Waals surface area contributed by atoms with Gasteiger partial charge in [0.25, 0.3) is 0 Å². The first-order valence-electron chi connectivity index (χ1n) is 8.42. The smallest absolute Gasteiger partial charge is 0.244 e. The van der Waals surface area contributed by atoms with Gasteiger partial charge in [0.05, 0.1) is 5.69 Å². The molecule has 4 rings (SSSR count). The van der Waals surface area contributed by atoms with E-state index in [9.17, 15) is 4.79 Å². The van der Waals surface area contributed by atoms with E-state index in [0.717, 1.165) is 34.7 Å². The summed E-state index contributed by atoms with van der Waals surface area (Å²) in [5.41, 5.74) is 4.17. The van der Waals surface area contributed by atoms with Crippen LogP contribution in [0.2, 0.25) is 0 Å². The average molecular weight is 342 g/mol. The minimum atomic E-state index is -0.358. The van der Waals surface area contributed by atoms with Crippen molar-refractivity contribution in [1.82, 2.24) is 20.0 Å². The van der Waals surface area contributed by atoms with Gasteiger partial charge in [-0.05, 0) is 38.7 Å². The third kappa shape index (κ3) is 2.74. The molecular formula is C18H22N4O3. The van der Waals surface area contributed by atoms with E-state index in [1.54, 1.807) is 0 Å². The monoisotopic (exact) mass is 342 g/mol. The standard InChI is InChI=1S/C18H22N4O3/c1-11-13-9-22(7-6-14(13)20-19-11)18(23)17(21(2)3)12-4-5-15-16(8-12)25-10-24-15/h4-5,8,17H,6-7,9-10H2,1-3H3,(H,19,20). The highest BCUT2D eigenvalue weighted by molar-refractivity contribution is 5.84. The summed E-state index contributed by atoms with van der Waals surface area (Å²) in [6.07, 6.45) is 0.784. The van der Waals surface area contributed by atoms with Crippen LogP contribution in [-0.4, -0.2) is 53.3 Å². The van der Waals surface area contributed by atoms with Crippen molar-refractivity contribution in [2.45, 2.75) is 25.9 Å². The summed E-state index contributed by atoms with van der Waals surface area (Å²) in [6.45, 7) is 3.52. The predicted octanol–water partition coefficient (Wildman–Crippen LogP) is 1.63. The van der Waals surface area contributed by atoms with E-state index in [2.05, 4.69) is 10.2 Å². The van der Waals surface area contributed by atoms with Gasteiger partial charge in [0.15, 0.2) is 11.5 Å². The number of amides is 1. The first-order chi connectivity index (χ1) is 12.0. The lowest BCUT2D eigenvalue weighted by Gasteiger charge is -2.33. The molecule has 1 aromatic heterocycles. The van der Waals surface area contributed by atoms with Gasteiger partial charge in [0.1, 0.15) is 6.04 Å². The molecule has 1 unspecified atom stereocenters. The number of aryl methyl sites for hydroxylation is 1. The van der Waals surface area contributed by atoms with Crippen molar-refractivity contribution in [2.24, 2.45) is 0 Å². The molecule has 1 aromatic carbocycles. The highest BCUT2D eigenvalue weighted by atomic mass is 16.7. The predicted molar refractivity (Wildman–Crippen MR) is 91.4 cm³/mol. The summed E-state index contributed by atoms with van der Waals surface area (Å²) >= 11 is 0. The van der Waals surface area contributed by atoms with Crippen LogP contribution in [0.1, 0.15) is 28.6 Å². The number of nitrogens with one attached hydrogen (secondary N) is 1. The normalized spacial score (nSPS) is 16.9. The number of fused-ring (bicyclic) bond motifs is 2. The molecule has 0 bridgehead atoms. The van der Waals surface area contributed by atoms with Gasteiger partial charge in [-0.3, -0.25) is 14.8 Å². The second-order valence-corrected chi connectivity index (χ2v) is 6.76. The highest BCUT2D eigenvalue weighted by Crippen LogP contribution is 2.36. The lowest BCUT2D eigenvalue weighted by Crippen LogP contribution is -2.43. The number of H-pyrrole nitrogens is 1. The molecule has 2 aliphatic heterocycles. The summed E-state index contributed by atoms with van der Waals surface area (Å²) in [5.74, 6) is 1.52. The zero-order valence-corrected chi connectivity index (χ0v) is 14.7. The van der Waals surface area contributed by atoms with Gasteiger partial charge >= 0.3 is 0 Å². The molecule has 7 heteroatoms. The fourth-order valence-electron chi connectivity index (χ4n) is 3.54. The van der Waals surface area contributed by atoms with E-state index in [1.807, 2.05) is 49.0 Å². The Hall–Kier alpha value is -2.54. The number of carbonyl (C=O) groups excluding carboxylic acids is 1. The Morgan fingerprint density at radius 1 is 1.32 bits per heavy atom. The fraction of sp³-hybridized carbons (Fsp3) is 0.444. The third-order valence-corrected chi connectivity index (χ3v) is 4.90. The Morgan fingerprint density at radius 3 is 2.92 bits per heavy atom. The summed E-state index contributed by atoms with van der Waals surface area (Å²) in [6, 6.07) is 5.36. The maximum Gasteiger partial charge on any atom is 0.244 e. The van der Waals surface area contributed by atoms with Crippen molar-refractivity contribution in [2.75, 3.05) is 27.4 Å². The van der Waals surface area contributed by atoms with E-state index >= 15 is 0 Å². The van der Waals surface area contributed by atoms with Crippen LogP contribution in [0.5, 0.6) is 11.5 Å². The summed E-state index contributed by atoms with van der Waals surface area (Å²) in [5, 5.41) is 7.35. The summed E-state index contributed by atoms with van der Waals surface area (Å²) < 4.78 is 10.8. The number of aromatic nitrogens is 2. The Balaban J connectivity index is 1.61. The molecule has 0 radical (unpaired) electrons. The molecule has 0 fully saturated rings. The van der Waals surface area contributed by atoms with Crippen LogP contribution in [0.4, 0.5) is 0 Å². The van der Waals surface area contributed by atoms with E-state index in [4.69, 9.17) is 9.47 Å². The minimum Gasteiger partial charge on any atom is -0.454 e. The summed E-state index contributed by atoms with van der Waals surface area (Å²) in [7, 11) is 3.84. The van der Waals surface area contributed by atoms with Gasteiger partial charge in [0.2, 0.25) is 12.7 Å². The second-order valence-electron chi connectivity index (χ2n) is 6.76. The topological polar surface area (TPSA) is 70.7 Å². The molecule has 1 amide bonds. The molecule has 1 N–H and O–H groups in total. The second kappa shape index (κ2) is 6.07. The van der Waals surface area contributed by atoms with Gasteiger partial charge in [-0.25, -0.2) is 0 Å². The zero-order valence-electron chi connectivity index (χ0n) is 14.7. The number of ether oxygens (including phenoxy) is 2. The largest absolute Gasteiger partial charge is 0.454 e.